The number of halogens is 1. The second kappa shape index (κ2) is 10.2. The molecule has 11 heteroatoms. The number of thioether (sulfide) groups is 1. The maximum atomic E-state index is 12.4. The van der Waals surface area contributed by atoms with E-state index in [0.29, 0.717) is 17.3 Å². The number of methoxy groups -OCH3 is 2. The van der Waals surface area contributed by atoms with Gasteiger partial charge in [0.1, 0.15) is 6.54 Å². The van der Waals surface area contributed by atoms with Crippen molar-refractivity contribution < 1.29 is 38.1 Å². The van der Waals surface area contributed by atoms with Crippen LogP contribution in [0, 0.1) is 0 Å². The van der Waals surface area contributed by atoms with E-state index in [1.807, 2.05) is 0 Å². The van der Waals surface area contributed by atoms with Gasteiger partial charge in [-0.15, -0.1) is 0 Å². The van der Waals surface area contributed by atoms with Crippen molar-refractivity contribution in [2.45, 2.75) is 6.92 Å². The Balaban J connectivity index is 2.24. The quantitative estimate of drug-likeness (QED) is 0.442. The van der Waals surface area contributed by atoms with Gasteiger partial charge in [-0.25, -0.2) is 4.79 Å². The van der Waals surface area contributed by atoms with Crippen molar-refractivity contribution in [3.8, 4) is 11.5 Å². The highest BCUT2D eigenvalue weighted by molar-refractivity contribution is 8.18. The molecule has 0 N–H and O–H groups in total. The van der Waals surface area contributed by atoms with Crippen LogP contribution < -0.4 is 9.47 Å². The number of rotatable bonds is 8. The number of nitrogens with zero attached hydrogens (tertiary/aromatic N) is 1. The molecule has 0 aliphatic carbocycles. The van der Waals surface area contributed by atoms with Crippen LogP contribution in [0.25, 0.3) is 6.08 Å². The molecule has 2 rings (SSSR count). The summed E-state index contributed by atoms with van der Waals surface area (Å²) in [6.45, 7) is 1.07. The van der Waals surface area contributed by atoms with Gasteiger partial charge in [-0.3, -0.25) is 19.3 Å². The van der Waals surface area contributed by atoms with Gasteiger partial charge in [0, 0.05) is 0 Å². The second-order valence-corrected chi connectivity index (χ2v) is 6.87. The Hall–Kier alpha value is -2.72. The first-order valence-electron chi connectivity index (χ1n) is 8.28. The molecule has 0 saturated carbocycles. The van der Waals surface area contributed by atoms with E-state index in [1.54, 1.807) is 6.92 Å². The van der Waals surface area contributed by atoms with Gasteiger partial charge in [0.2, 0.25) is 0 Å². The lowest BCUT2D eigenvalue weighted by atomic mass is 10.1. The number of hydrogen-bond donors (Lipinski definition) is 0. The summed E-state index contributed by atoms with van der Waals surface area (Å²) in [4.78, 5) is 48.1. The number of carbonyl (C=O) groups is 4. The van der Waals surface area contributed by atoms with Crippen molar-refractivity contribution in [2.75, 3.05) is 34.0 Å². The lowest BCUT2D eigenvalue weighted by Crippen LogP contribution is -2.34. The largest absolute Gasteiger partial charge is 0.493 e. The third-order valence-electron chi connectivity index (χ3n) is 3.58. The summed E-state index contributed by atoms with van der Waals surface area (Å²) in [6.07, 6.45) is 1.44. The van der Waals surface area contributed by atoms with Crippen molar-refractivity contribution in [3.05, 3.63) is 27.6 Å². The molecule has 1 fully saturated rings. The Labute approximate surface area is 175 Å². The molecule has 0 bridgehead atoms. The molecule has 1 aromatic carbocycles. The normalized spacial score (nSPS) is 14.9. The standard InChI is InChI=1S/C18H18ClNO8S/c1-4-27-15(22)9-28-16-11(19)5-10(6-12(16)25-2)7-13-17(23)20(18(24)29-13)8-14(21)26-3/h5-7H,4,8-9H2,1-3H3/b13-7+. The number of imide groups is 1. The summed E-state index contributed by atoms with van der Waals surface area (Å²) in [6, 6.07) is 3.01. The Kier molecular flexibility index (Phi) is 7.91. The number of ether oxygens (including phenoxy) is 4. The van der Waals surface area contributed by atoms with E-state index < -0.39 is 29.6 Å². The van der Waals surface area contributed by atoms with Gasteiger partial charge in [0.15, 0.2) is 18.1 Å². The van der Waals surface area contributed by atoms with Crippen molar-refractivity contribution >= 4 is 52.5 Å². The van der Waals surface area contributed by atoms with Crippen LogP contribution in [-0.4, -0.2) is 62.0 Å². The van der Waals surface area contributed by atoms with Crippen molar-refractivity contribution in [1.82, 2.24) is 4.90 Å². The predicted octanol–water partition coefficient (Wildman–Crippen LogP) is 2.50. The van der Waals surface area contributed by atoms with Crippen molar-refractivity contribution in [3.63, 3.8) is 0 Å². The van der Waals surface area contributed by atoms with Gasteiger partial charge in [-0.2, -0.15) is 0 Å². The van der Waals surface area contributed by atoms with Gasteiger partial charge in [0.25, 0.3) is 11.1 Å². The zero-order valence-electron chi connectivity index (χ0n) is 15.9. The van der Waals surface area contributed by atoms with Gasteiger partial charge in [-0.1, -0.05) is 11.6 Å². The lowest BCUT2D eigenvalue weighted by Gasteiger charge is -2.13. The maximum absolute atomic E-state index is 12.4. The zero-order valence-corrected chi connectivity index (χ0v) is 17.4. The first kappa shape index (κ1) is 22.6. The van der Waals surface area contributed by atoms with E-state index in [2.05, 4.69) is 4.74 Å². The fraction of sp³-hybridized carbons (Fsp3) is 0.333. The Morgan fingerprint density at radius 2 is 1.93 bits per heavy atom. The molecular formula is C18H18ClNO8S. The van der Waals surface area contributed by atoms with E-state index >= 15 is 0 Å². The summed E-state index contributed by atoms with van der Waals surface area (Å²) in [5, 5.41) is -0.451. The van der Waals surface area contributed by atoms with E-state index in [0.717, 1.165) is 12.0 Å². The van der Waals surface area contributed by atoms with Crippen LogP contribution >= 0.6 is 23.4 Å². The average molecular weight is 444 g/mol. The second-order valence-electron chi connectivity index (χ2n) is 5.47. The first-order chi connectivity index (χ1) is 13.8. The minimum absolute atomic E-state index is 0.109. The molecule has 0 radical (unpaired) electrons. The summed E-state index contributed by atoms with van der Waals surface area (Å²) in [5.41, 5.74) is 0.457. The number of benzene rings is 1. The smallest absolute Gasteiger partial charge is 0.344 e. The molecule has 0 aromatic heterocycles. The number of esters is 2. The number of amides is 2. The summed E-state index contributed by atoms with van der Waals surface area (Å²) in [7, 11) is 2.55. The lowest BCUT2D eigenvalue weighted by molar-refractivity contribution is -0.145. The molecule has 0 spiro atoms. The molecule has 0 unspecified atom stereocenters. The van der Waals surface area contributed by atoms with Crippen LogP contribution in [0.15, 0.2) is 17.0 Å². The number of hydrogen-bond acceptors (Lipinski definition) is 9. The monoisotopic (exact) mass is 443 g/mol. The van der Waals surface area contributed by atoms with Crippen LogP contribution in [0.5, 0.6) is 11.5 Å². The fourth-order valence-electron chi connectivity index (χ4n) is 2.28. The first-order valence-corrected chi connectivity index (χ1v) is 9.48. The van der Waals surface area contributed by atoms with Gasteiger partial charge in [0.05, 0.1) is 30.8 Å². The highest BCUT2D eigenvalue weighted by atomic mass is 35.5. The van der Waals surface area contributed by atoms with Crippen LogP contribution in [0.4, 0.5) is 4.79 Å². The maximum Gasteiger partial charge on any atom is 0.344 e. The SMILES string of the molecule is CCOC(=O)COc1c(Cl)cc(/C=C2/SC(=O)N(CC(=O)OC)C2=O)cc1OC. The van der Waals surface area contributed by atoms with Crippen LogP contribution in [0.2, 0.25) is 5.02 Å². The van der Waals surface area contributed by atoms with Crippen LogP contribution in [0.3, 0.4) is 0 Å². The van der Waals surface area contributed by atoms with Crippen molar-refractivity contribution in [2.24, 2.45) is 0 Å². The Bertz CT molecular complexity index is 870. The molecule has 1 saturated heterocycles. The van der Waals surface area contributed by atoms with Crippen molar-refractivity contribution in [1.29, 1.82) is 0 Å². The summed E-state index contributed by atoms with van der Waals surface area (Å²) < 4.78 is 19.9. The van der Waals surface area contributed by atoms with E-state index in [1.165, 1.54) is 25.3 Å². The molecule has 1 heterocycles. The predicted molar refractivity (Wildman–Crippen MR) is 105 cm³/mol. The molecule has 1 aliphatic heterocycles. The molecule has 1 aromatic rings. The Morgan fingerprint density at radius 1 is 1.21 bits per heavy atom. The molecule has 9 nitrogen and oxygen atoms in total. The molecule has 1 aliphatic rings. The molecule has 0 atom stereocenters. The number of carbonyl (C=O) groups excluding carboxylic acids is 4. The molecular weight excluding hydrogens is 426 g/mol. The third-order valence-corrected chi connectivity index (χ3v) is 4.77. The average Bonchev–Trinajstić information content (AvgIpc) is 2.94. The highest BCUT2D eigenvalue weighted by Gasteiger charge is 2.36. The van der Waals surface area contributed by atoms with E-state index in [-0.39, 0.29) is 34.6 Å². The Morgan fingerprint density at radius 3 is 2.55 bits per heavy atom. The molecule has 29 heavy (non-hydrogen) atoms. The zero-order chi connectivity index (χ0) is 21.6. The fourth-order valence-corrected chi connectivity index (χ4v) is 3.39. The molecule has 2 amide bonds. The van der Waals surface area contributed by atoms with Crippen LogP contribution in [0.1, 0.15) is 12.5 Å². The van der Waals surface area contributed by atoms with Gasteiger partial charge < -0.3 is 18.9 Å². The van der Waals surface area contributed by atoms with E-state index in [9.17, 15) is 19.2 Å². The summed E-state index contributed by atoms with van der Waals surface area (Å²) in [5.74, 6) is -1.53. The van der Waals surface area contributed by atoms with Gasteiger partial charge in [-0.05, 0) is 42.5 Å². The third kappa shape index (κ3) is 5.64. The molecule has 156 valence electrons. The van der Waals surface area contributed by atoms with Gasteiger partial charge >= 0.3 is 11.9 Å². The highest BCUT2D eigenvalue weighted by Crippen LogP contribution is 2.39. The minimum atomic E-state index is -0.707. The summed E-state index contributed by atoms with van der Waals surface area (Å²) >= 11 is 6.91. The van der Waals surface area contributed by atoms with E-state index in [4.69, 9.17) is 25.8 Å². The minimum Gasteiger partial charge on any atom is -0.493 e. The topological polar surface area (TPSA) is 108 Å². The van der Waals surface area contributed by atoms with Crippen LogP contribution in [-0.2, 0) is 23.9 Å².